The number of nitro groups is 1. The number of aryl methyl sites for hydroxylation is 2. The molecule has 0 spiro atoms. The van der Waals surface area contributed by atoms with Gasteiger partial charge in [-0.25, -0.2) is 13.4 Å². The average Bonchev–Trinajstić information content (AvgIpc) is 2.72. The number of aromatic nitrogens is 1. The number of hydrogen-bond acceptors (Lipinski definition) is 6. The Morgan fingerprint density at radius 2 is 2.05 bits per heavy atom. The minimum absolute atomic E-state index is 0.110. The van der Waals surface area contributed by atoms with Gasteiger partial charge in [0.1, 0.15) is 5.02 Å². The monoisotopic (exact) mass is 347 g/mol. The van der Waals surface area contributed by atoms with Crippen LogP contribution in [0.25, 0.3) is 0 Å². The van der Waals surface area contributed by atoms with Gasteiger partial charge >= 0.3 is 0 Å². The van der Waals surface area contributed by atoms with E-state index in [0.29, 0.717) is 5.56 Å². The van der Waals surface area contributed by atoms with Crippen molar-refractivity contribution in [2.75, 3.05) is 4.72 Å². The Morgan fingerprint density at radius 1 is 1.38 bits per heavy atom. The SMILES string of the molecule is Cc1cnc(NS(=O)(=O)c2cc([N+](=O)[O-])c(Cl)cc2C)s1. The predicted molar refractivity (Wildman–Crippen MR) is 80.5 cm³/mol. The maximum Gasteiger partial charge on any atom is 0.289 e. The predicted octanol–water partition coefficient (Wildman–Crippen LogP) is 3.12. The van der Waals surface area contributed by atoms with Gasteiger partial charge in [-0.2, -0.15) is 0 Å². The van der Waals surface area contributed by atoms with Gasteiger partial charge in [0.2, 0.25) is 0 Å². The molecule has 0 amide bonds. The summed E-state index contributed by atoms with van der Waals surface area (Å²) in [6.07, 6.45) is 1.53. The first kappa shape index (κ1) is 15.7. The molecule has 112 valence electrons. The van der Waals surface area contributed by atoms with Gasteiger partial charge in [0.15, 0.2) is 5.13 Å². The van der Waals surface area contributed by atoms with E-state index in [1.54, 1.807) is 6.92 Å². The zero-order valence-electron chi connectivity index (χ0n) is 11.0. The molecule has 21 heavy (non-hydrogen) atoms. The topological polar surface area (TPSA) is 102 Å². The maximum atomic E-state index is 12.3. The van der Waals surface area contributed by atoms with Gasteiger partial charge in [-0.1, -0.05) is 11.6 Å². The molecule has 1 N–H and O–H groups in total. The Balaban J connectivity index is 2.49. The minimum atomic E-state index is -3.97. The summed E-state index contributed by atoms with van der Waals surface area (Å²) < 4.78 is 26.9. The third kappa shape index (κ3) is 3.31. The molecule has 0 aliphatic heterocycles. The molecule has 0 aliphatic carbocycles. The van der Waals surface area contributed by atoms with Crippen LogP contribution in [0.4, 0.5) is 10.8 Å². The Labute approximate surface area is 129 Å². The number of rotatable bonds is 4. The fourth-order valence-corrected chi connectivity index (χ4v) is 4.08. The van der Waals surface area contributed by atoms with E-state index >= 15 is 0 Å². The van der Waals surface area contributed by atoms with Crippen LogP contribution >= 0.6 is 22.9 Å². The highest BCUT2D eigenvalue weighted by molar-refractivity contribution is 7.93. The summed E-state index contributed by atoms with van der Waals surface area (Å²) in [5.41, 5.74) is -0.149. The van der Waals surface area contributed by atoms with Crippen LogP contribution in [0.3, 0.4) is 0 Å². The maximum absolute atomic E-state index is 12.3. The molecular formula is C11H10ClN3O4S2. The lowest BCUT2D eigenvalue weighted by molar-refractivity contribution is -0.384. The van der Waals surface area contributed by atoms with Crippen molar-refractivity contribution in [2.45, 2.75) is 18.7 Å². The van der Waals surface area contributed by atoms with Crippen LogP contribution in [0.2, 0.25) is 5.02 Å². The first-order chi connectivity index (χ1) is 9.70. The summed E-state index contributed by atoms with van der Waals surface area (Å²) in [5.74, 6) is 0. The molecular weight excluding hydrogens is 338 g/mol. The summed E-state index contributed by atoms with van der Waals surface area (Å²) >= 11 is 6.91. The van der Waals surface area contributed by atoms with Gasteiger partial charge in [0.05, 0.1) is 9.82 Å². The van der Waals surface area contributed by atoms with Crippen molar-refractivity contribution in [3.8, 4) is 0 Å². The molecule has 0 radical (unpaired) electrons. The number of anilines is 1. The number of halogens is 1. The largest absolute Gasteiger partial charge is 0.289 e. The van der Waals surface area contributed by atoms with Gasteiger partial charge in [-0.05, 0) is 25.5 Å². The first-order valence-corrected chi connectivity index (χ1v) is 8.28. The summed E-state index contributed by atoms with van der Waals surface area (Å²) in [6.45, 7) is 3.30. The van der Waals surface area contributed by atoms with E-state index in [0.717, 1.165) is 10.9 Å². The van der Waals surface area contributed by atoms with Crippen molar-refractivity contribution in [1.82, 2.24) is 4.98 Å². The van der Waals surface area contributed by atoms with Gasteiger partial charge in [-0.3, -0.25) is 14.8 Å². The second-order valence-corrected chi connectivity index (χ2v) is 7.50. The molecule has 0 bridgehead atoms. The summed E-state index contributed by atoms with van der Waals surface area (Å²) in [4.78, 5) is 14.7. The number of thiazole rings is 1. The van der Waals surface area contributed by atoms with E-state index in [4.69, 9.17) is 11.6 Å². The van der Waals surface area contributed by atoms with Crippen LogP contribution < -0.4 is 4.72 Å². The molecule has 0 atom stereocenters. The Bertz CT molecular complexity index is 817. The van der Waals surface area contributed by atoms with Crippen LogP contribution in [0, 0.1) is 24.0 Å². The molecule has 1 aromatic heterocycles. The van der Waals surface area contributed by atoms with E-state index in [9.17, 15) is 18.5 Å². The molecule has 2 rings (SSSR count). The van der Waals surface area contributed by atoms with Crippen molar-refractivity contribution in [3.05, 3.63) is 43.9 Å². The van der Waals surface area contributed by atoms with Gasteiger partial charge in [0, 0.05) is 17.1 Å². The molecule has 0 saturated heterocycles. The molecule has 0 aliphatic rings. The lowest BCUT2D eigenvalue weighted by atomic mass is 10.2. The smallest absolute Gasteiger partial charge is 0.258 e. The van der Waals surface area contributed by atoms with Gasteiger partial charge < -0.3 is 0 Å². The molecule has 1 aromatic carbocycles. The molecule has 0 fully saturated rings. The normalized spacial score (nSPS) is 11.4. The fraction of sp³-hybridized carbons (Fsp3) is 0.182. The first-order valence-electron chi connectivity index (χ1n) is 5.60. The lowest BCUT2D eigenvalue weighted by Gasteiger charge is -2.08. The number of nitrogens with zero attached hydrogens (tertiary/aromatic N) is 2. The summed E-state index contributed by atoms with van der Waals surface area (Å²) in [5, 5.41) is 11.0. The van der Waals surface area contributed by atoms with Crippen LogP contribution in [-0.4, -0.2) is 18.3 Å². The Morgan fingerprint density at radius 3 is 2.57 bits per heavy atom. The summed E-state index contributed by atoms with van der Waals surface area (Å²) in [6, 6.07) is 2.20. The van der Waals surface area contributed by atoms with Gasteiger partial charge in [0.25, 0.3) is 15.7 Å². The summed E-state index contributed by atoms with van der Waals surface area (Å²) in [7, 11) is -3.97. The third-order valence-electron chi connectivity index (χ3n) is 2.57. The van der Waals surface area contributed by atoms with Crippen molar-refractivity contribution in [2.24, 2.45) is 0 Å². The zero-order valence-corrected chi connectivity index (χ0v) is 13.3. The quantitative estimate of drug-likeness (QED) is 0.676. The third-order valence-corrected chi connectivity index (χ3v) is 5.31. The highest BCUT2D eigenvalue weighted by Gasteiger charge is 2.24. The van der Waals surface area contributed by atoms with Crippen molar-refractivity contribution < 1.29 is 13.3 Å². The number of nitro benzene ring substituents is 1. The van der Waals surface area contributed by atoms with Crippen molar-refractivity contribution >= 4 is 43.8 Å². The van der Waals surface area contributed by atoms with Gasteiger partial charge in [-0.15, -0.1) is 11.3 Å². The highest BCUT2D eigenvalue weighted by atomic mass is 35.5. The average molecular weight is 348 g/mol. The van der Waals surface area contributed by atoms with Crippen molar-refractivity contribution in [1.29, 1.82) is 0 Å². The Hall–Kier alpha value is -1.71. The molecule has 1 heterocycles. The second-order valence-electron chi connectivity index (χ2n) is 4.21. The van der Waals surface area contributed by atoms with E-state index in [-0.39, 0.29) is 15.0 Å². The van der Waals surface area contributed by atoms with Crippen LogP contribution in [0.5, 0.6) is 0 Å². The molecule has 0 unspecified atom stereocenters. The van der Waals surface area contributed by atoms with Crippen molar-refractivity contribution in [3.63, 3.8) is 0 Å². The number of hydrogen-bond donors (Lipinski definition) is 1. The number of sulfonamides is 1. The van der Waals surface area contributed by atoms with Crippen LogP contribution in [0.15, 0.2) is 23.2 Å². The standard InChI is InChI=1S/C11H10ClN3O4S2/c1-6-3-8(12)9(15(16)17)4-10(6)21(18,19)14-11-13-5-7(2)20-11/h3-5H,1-2H3,(H,13,14). The minimum Gasteiger partial charge on any atom is -0.258 e. The van der Waals surface area contributed by atoms with E-state index < -0.39 is 20.6 Å². The van der Waals surface area contributed by atoms with E-state index in [1.165, 1.54) is 30.5 Å². The molecule has 10 heteroatoms. The van der Waals surface area contributed by atoms with E-state index in [2.05, 4.69) is 9.71 Å². The highest BCUT2D eigenvalue weighted by Crippen LogP contribution is 2.31. The molecule has 2 aromatic rings. The number of benzene rings is 1. The van der Waals surface area contributed by atoms with Crippen LogP contribution in [0.1, 0.15) is 10.4 Å². The lowest BCUT2D eigenvalue weighted by Crippen LogP contribution is -2.14. The Kier molecular flexibility index (Phi) is 4.17. The van der Waals surface area contributed by atoms with Crippen LogP contribution in [-0.2, 0) is 10.0 Å². The van der Waals surface area contributed by atoms with E-state index in [1.807, 2.05) is 0 Å². The fourth-order valence-electron chi connectivity index (χ4n) is 1.64. The number of nitrogens with one attached hydrogen (secondary N) is 1. The molecule has 7 nitrogen and oxygen atoms in total. The zero-order chi connectivity index (χ0) is 15.8. The molecule has 0 saturated carbocycles. The second kappa shape index (κ2) is 5.58.